The van der Waals surface area contributed by atoms with Gasteiger partial charge in [-0.3, -0.25) is 9.59 Å². The van der Waals surface area contributed by atoms with Crippen LogP contribution < -0.4 is 10.9 Å². The number of amides is 1. The molecule has 3 N–H and O–H groups in total. The maximum Gasteiger partial charge on any atom is 0.268 e. The van der Waals surface area contributed by atoms with Gasteiger partial charge in [-0.1, -0.05) is 25.1 Å². The molecule has 0 bridgehead atoms. The molecule has 5 nitrogen and oxygen atoms in total. The van der Waals surface area contributed by atoms with E-state index >= 15 is 0 Å². The van der Waals surface area contributed by atoms with Crippen molar-refractivity contribution in [3.05, 3.63) is 46.4 Å². The van der Waals surface area contributed by atoms with Crippen molar-refractivity contribution in [3.63, 3.8) is 0 Å². The van der Waals surface area contributed by atoms with Gasteiger partial charge in [0, 0.05) is 5.39 Å². The zero-order chi connectivity index (χ0) is 13.8. The van der Waals surface area contributed by atoms with E-state index in [0.29, 0.717) is 17.2 Å². The predicted molar refractivity (Wildman–Crippen MR) is 73.2 cm³/mol. The number of nitrogens with one attached hydrogen (secondary N) is 2. The number of fused-ring (bicyclic) bond motifs is 1. The predicted octanol–water partition coefficient (Wildman–Crippen LogP) is 1.03. The first kappa shape index (κ1) is 13.3. The van der Waals surface area contributed by atoms with E-state index in [-0.39, 0.29) is 29.8 Å². The van der Waals surface area contributed by atoms with Crippen LogP contribution >= 0.6 is 0 Å². The van der Waals surface area contributed by atoms with E-state index < -0.39 is 0 Å². The number of benzene rings is 1. The molecule has 1 amide bonds. The van der Waals surface area contributed by atoms with Crippen molar-refractivity contribution >= 4 is 16.7 Å². The van der Waals surface area contributed by atoms with Gasteiger partial charge in [0.25, 0.3) is 11.5 Å². The summed E-state index contributed by atoms with van der Waals surface area (Å²) in [7, 11) is 0. The van der Waals surface area contributed by atoms with Gasteiger partial charge in [-0.2, -0.15) is 0 Å². The molecule has 0 unspecified atom stereocenters. The summed E-state index contributed by atoms with van der Waals surface area (Å²) in [6, 6.07) is 8.41. The zero-order valence-electron chi connectivity index (χ0n) is 10.6. The van der Waals surface area contributed by atoms with Gasteiger partial charge in [-0.05, 0) is 23.9 Å². The van der Waals surface area contributed by atoms with E-state index in [4.69, 9.17) is 5.11 Å². The van der Waals surface area contributed by atoms with Gasteiger partial charge in [0.05, 0.1) is 12.6 Å². The molecule has 100 valence electrons. The molecule has 5 heteroatoms. The number of rotatable bonds is 4. The van der Waals surface area contributed by atoms with E-state index in [1.807, 2.05) is 13.0 Å². The fourth-order valence-electron chi connectivity index (χ4n) is 1.87. The molecular weight excluding hydrogens is 244 g/mol. The maximum atomic E-state index is 12.0. The second-order valence-corrected chi connectivity index (χ2v) is 4.36. The molecule has 0 fully saturated rings. The van der Waals surface area contributed by atoms with Crippen LogP contribution in [0.2, 0.25) is 0 Å². The summed E-state index contributed by atoms with van der Waals surface area (Å²) in [5.74, 6) is -0.385. The summed E-state index contributed by atoms with van der Waals surface area (Å²) in [4.78, 5) is 26.4. The Labute approximate surface area is 110 Å². The Bertz CT molecular complexity index is 644. The average molecular weight is 260 g/mol. The molecule has 0 saturated carbocycles. The van der Waals surface area contributed by atoms with Crippen LogP contribution in [0.4, 0.5) is 0 Å². The Balaban J connectivity index is 2.35. The minimum atomic E-state index is -0.385. The van der Waals surface area contributed by atoms with Gasteiger partial charge in [-0.25, -0.2) is 0 Å². The van der Waals surface area contributed by atoms with Crippen molar-refractivity contribution in [1.82, 2.24) is 10.3 Å². The standard InChI is InChI=1S/C14H16N2O3/c1-2-10(8-17)15-14(19)12-7-9-5-3-4-6-11(9)13(18)16-12/h3-7,10,17H,2,8H2,1H3,(H,15,19)(H,16,18)/t10-/m0/s1. The second-order valence-electron chi connectivity index (χ2n) is 4.36. The van der Waals surface area contributed by atoms with Crippen LogP contribution in [0.5, 0.6) is 0 Å². The normalized spacial score (nSPS) is 12.3. The molecule has 0 radical (unpaired) electrons. The highest BCUT2D eigenvalue weighted by Gasteiger charge is 2.13. The van der Waals surface area contributed by atoms with Crippen molar-refractivity contribution in [2.24, 2.45) is 0 Å². The third kappa shape index (κ3) is 2.82. The van der Waals surface area contributed by atoms with Gasteiger partial charge < -0.3 is 15.4 Å². The SMILES string of the molecule is CC[C@@H](CO)NC(=O)c1cc2ccccc2c(=O)[nH]1. The summed E-state index contributed by atoms with van der Waals surface area (Å²) in [6.45, 7) is 1.74. The number of aromatic amines is 1. The lowest BCUT2D eigenvalue weighted by Gasteiger charge is -2.13. The van der Waals surface area contributed by atoms with Crippen molar-refractivity contribution < 1.29 is 9.90 Å². The lowest BCUT2D eigenvalue weighted by molar-refractivity contribution is 0.0910. The van der Waals surface area contributed by atoms with Crippen LogP contribution in [0.3, 0.4) is 0 Å². The van der Waals surface area contributed by atoms with Crippen LogP contribution in [-0.2, 0) is 0 Å². The minimum Gasteiger partial charge on any atom is -0.394 e. The summed E-state index contributed by atoms with van der Waals surface area (Å²) >= 11 is 0. The van der Waals surface area contributed by atoms with Crippen LogP contribution in [-0.4, -0.2) is 28.6 Å². The van der Waals surface area contributed by atoms with Crippen LogP contribution in [0.1, 0.15) is 23.8 Å². The Morgan fingerprint density at radius 2 is 2.16 bits per heavy atom. The molecule has 0 saturated heterocycles. The first-order chi connectivity index (χ1) is 9.15. The van der Waals surface area contributed by atoms with Gasteiger partial charge >= 0.3 is 0 Å². The highest BCUT2D eigenvalue weighted by atomic mass is 16.3. The smallest absolute Gasteiger partial charge is 0.268 e. The number of aromatic nitrogens is 1. The van der Waals surface area contributed by atoms with Crippen molar-refractivity contribution in [3.8, 4) is 0 Å². The molecular formula is C14H16N2O3. The molecule has 0 spiro atoms. The Morgan fingerprint density at radius 3 is 2.84 bits per heavy atom. The van der Waals surface area contributed by atoms with E-state index in [1.165, 1.54) is 0 Å². The second kappa shape index (κ2) is 5.67. The number of carbonyl (C=O) groups is 1. The number of hydrogen-bond acceptors (Lipinski definition) is 3. The summed E-state index contributed by atoms with van der Waals surface area (Å²) < 4.78 is 0. The number of aliphatic hydroxyl groups is 1. The third-order valence-electron chi connectivity index (χ3n) is 3.05. The number of hydrogen-bond donors (Lipinski definition) is 3. The quantitative estimate of drug-likeness (QED) is 0.768. The van der Waals surface area contributed by atoms with Crippen LogP contribution in [0, 0.1) is 0 Å². The fourth-order valence-corrected chi connectivity index (χ4v) is 1.87. The monoisotopic (exact) mass is 260 g/mol. The lowest BCUT2D eigenvalue weighted by Crippen LogP contribution is -2.37. The zero-order valence-corrected chi connectivity index (χ0v) is 10.6. The molecule has 0 aliphatic carbocycles. The topological polar surface area (TPSA) is 82.2 Å². The van der Waals surface area contributed by atoms with E-state index in [0.717, 1.165) is 0 Å². The molecule has 1 atom stereocenters. The van der Waals surface area contributed by atoms with E-state index in [1.54, 1.807) is 24.3 Å². The molecule has 1 aromatic heterocycles. The molecule has 0 aliphatic rings. The first-order valence-electron chi connectivity index (χ1n) is 6.19. The number of pyridine rings is 1. The molecule has 2 rings (SSSR count). The first-order valence-corrected chi connectivity index (χ1v) is 6.19. The Morgan fingerprint density at radius 1 is 1.42 bits per heavy atom. The van der Waals surface area contributed by atoms with Crippen molar-refractivity contribution in [2.45, 2.75) is 19.4 Å². The fraction of sp³-hybridized carbons (Fsp3) is 0.286. The van der Waals surface area contributed by atoms with Crippen LogP contribution in [0.25, 0.3) is 10.8 Å². The maximum absolute atomic E-state index is 12.0. The van der Waals surface area contributed by atoms with Gasteiger partial charge in [0.15, 0.2) is 0 Å². The number of H-pyrrole nitrogens is 1. The highest BCUT2D eigenvalue weighted by Crippen LogP contribution is 2.09. The molecule has 19 heavy (non-hydrogen) atoms. The molecule has 2 aromatic rings. The van der Waals surface area contributed by atoms with Crippen LogP contribution in [0.15, 0.2) is 35.1 Å². The third-order valence-corrected chi connectivity index (χ3v) is 3.05. The molecule has 0 aliphatic heterocycles. The van der Waals surface area contributed by atoms with E-state index in [9.17, 15) is 9.59 Å². The van der Waals surface area contributed by atoms with E-state index in [2.05, 4.69) is 10.3 Å². The lowest BCUT2D eigenvalue weighted by atomic mass is 10.1. The number of carbonyl (C=O) groups excluding carboxylic acids is 1. The summed E-state index contributed by atoms with van der Waals surface area (Å²) in [5, 5.41) is 13.0. The van der Waals surface area contributed by atoms with Gasteiger partial charge in [-0.15, -0.1) is 0 Å². The molecule has 1 aromatic carbocycles. The van der Waals surface area contributed by atoms with Crippen molar-refractivity contribution in [1.29, 1.82) is 0 Å². The summed E-state index contributed by atoms with van der Waals surface area (Å²) in [5.41, 5.74) is -0.0871. The van der Waals surface area contributed by atoms with Gasteiger partial charge in [0.1, 0.15) is 5.69 Å². The van der Waals surface area contributed by atoms with Gasteiger partial charge in [0.2, 0.25) is 0 Å². The summed E-state index contributed by atoms with van der Waals surface area (Å²) in [6.07, 6.45) is 0.625. The largest absolute Gasteiger partial charge is 0.394 e. The van der Waals surface area contributed by atoms with Crippen molar-refractivity contribution in [2.75, 3.05) is 6.61 Å². The Hall–Kier alpha value is -2.14. The Kier molecular flexibility index (Phi) is 3.97. The molecule has 1 heterocycles. The number of aliphatic hydroxyl groups excluding tert-OH is 1. The average Bonchev–Trinajstić information content (AvgIpc) is 2.44. The minimum absolute atomic E-state index is 0.125. The highest BCUT2D eigenvalue weighted by molar-refractivity contribution is 5.96.